The highest BCUT2D eigenvalue weighted by molar-refractivity contribution is 6.34. The molecule has 0 bridgehead atoms. The molecule has 1 aliphatic carbocycles. The van der Waals surface area contributed by atoms with Gasteiger partial charge >= 0.3 is 0 Å². The number of hydroxylamine groups is 1. The minimum atomic E-state index is -0.0620. The molecule has 9 heteroatoms. The summed E-state index contributed by atoms with van der Waals surface area (Å²) in [6, 6.07) is 3.56. The molecule has 3 aliphatic rings. The van der Waals surface area contributed by atoms with Gasteiger partial charge in [0.1, 0.15) is 0 Å². The SMILES string of the molecule is O=C1Cc2cc(N(O)CC[C@@H]3C[C@@H]3C3CCN(c4ncc(Cl)cn4)CC3)cc(Cl)c2N1. The van der Waals surface area contributed by atoms with E-state index in [-0.39, 0.29) is 5.91 Å². The van der Waals surface area contributed by atoms with Gasteiger partial charge < -0.3 is 10.2 Å². The van der Waals surface area contributed by atoms with Crippen molar-refractivity contribution in [1.82, 2.24) is 9.97 Å². The smallest absolute Gasteiger partial charge is 0.228 e. The molecule has 1 saturated carbocycles. The maximum Gasteiger partial charge on any atom is 0.228 e. The third-order valence-corrected chi connectivity index (χ3v) is 7.29. The Kier molecular flexibility index (Phi) is 5.67. The van der Waals surface area contributed by atoms with E-state index in [9.17, 15) is 10.0 Å². The topological polar surface area (TPSA) is 81.6 Å². The number of nitrogens with one attached hydrogen (secondary N) is 1. The summed E-state index contributed by atoms with van der Waals surface area (Å²) in [5.41, 5.74) is 2.16. The molecule has 0 radical (unpaired) electrons. The van der Waals surface area contributed by atoms with E-state index in [4.69, 9.17) is 23.2 Å². The van der Waals surface area contributed by atoms with Crippen molar-refractivity contribution in [2.45, 2.75) is 32.1 Å². The van der Waals surface area contributed by atoms with Gasteiger partial charge in [0.15, 0.2) is 0 Å². The van der Waals surface area contributed by atoms with Gasteiger partial charge in [0.05, 0.1) is 40.2 Å². The highest BCUT2D eigenvalue weighted by Gasteiger charge is 2.43. The van der Waals surface area contributed by atoms with Gasteiger partial charge in [-0.15, -0.1) is 0 Å². The maximum atomic E-state index is 11.6. The fourth-order valence-electron chi connectivity index (χ4n) is 5.03. The van der Waals surface area contributed by atoms with E-state index in [0.717, 1.165) is 55.7 Å². The van der Waals surface area contributed by atoms with Crippen molar-refractivity contribution in [2.24, 2.45) is 17.8 Å². The van der Waals surface area contributed by atoms with Crippen LogP contribution in [-0.2, 0) is 11.2 Å². The van der Waals surface area contributed by atoms with Crippen LogP contribution in [-0.4, -0.2) is 40.7 Å². The number of benzene rings is 1. The van der Waals surface area contributed by atoms with Crippen LogP contribution in [0.1, 0.15) is 31.2 Å². The number of rotatable bonds is 6. The number of aromatic nitrogens is 2. The predicted molar refractivity (Wildman–Crippen MR) is 121 cm³/mol. The maximum absolute atomic E-state index is 11.6. The van der Waals surface area contributed by atoms with Crippen molar-refractivity contribution in [2.75, 3.05) is 34.9 Å². The van der Waals surface area contributed by atoms with E-state index >= 15 is 0 Å². The summed E-state index contributed by atoms with van der Waals surface area (Å²) in [6.45, 7) is 2.51. The molecule has 1 aromatic carbocycles. The van der Waals surface area contributed by atoms with Crippen LogP contribution in [0.5, 0.6) is 0 Å². The lowest BCUT2D eigenvalue weighted by molar-refractivity contribution is -0.115. The molecule has 2 N–H and O–H groups in total. The van der Waals surface area contributed by atoms with Crippen LogP contribution in [0.15, 0.2) is 24.5 Å². The fourth-order valence-corrected chi connectivity index (χ4v) is 5.40. The van der Waals surface area contributed by atoms with Crippen LogP contribution in [0.25, 0.3) is 0 Å². The van der Waals surface area contributed by atoms with E-state index in [0.29, 0.717) is 40.3 Å². The van der Waals surface area contributed by atoms with Crippen LogP contribution in [0, 0.1) is 17.8 Å². The van der Waals surface area contributed by atoms with Crippen molar-refractivity contribution in [3.05, 3.63) is 40.1 Å². The molecule has 2 aromatic rings. The standard InChI is InChI=1S/C22H25Cl2N5O2/c23-16-11-25-22(26-12-16)28-4-1-13(2-5-28)18-8-14(18)3-6-29(31)17-7-15-9-20(30)27-21(15)19(24)10-17/h7,10-14,18,31H,1-6,8-9H2,(H,27,30)/t14-,18-/m1/s1. The Hall–Kier alpha value is -2.09. The lowest BCUT2D eigenvalue weighted by atomic mass is 9.90. The largest absolute Gasteiger partial charge is 0.341 e. The van der Waals surface area contributed by atoms with E-state index in [1.165, 1.54) is 11.5 Å². The molecule has 1 saturated heterocycles. The summed E-state index contributed by atoms with van der Waals surface area (Å²) in [4.78, 5) is 22.5. The number of hydrogen-bond acceptors (Lipinski definition) is 6. The average molecular weight is 462 g/mol. The van der Waals surface area contributed by atoms with Crippen molar-refractivity contribution in [1.29, 1.82) is 0 Å². The molecule has 0 spiro atoms. The molecule has 31 heavy (non-hydrogen) atoms. The number of amides is 1. The van der Waals surface area contributed by atoms with Gasteiger partial charge in [0.2, 0.25) is 11.9 Å². The number of hydrogen-bond donors (Lipinski definition) is 2. The number of piperidine rings is 1. The molecule has 5 rings (SSSR count). The van der Waals surface area contributed by atoms with Crippen LogP contribution in [0.3, 0.4) is 0 Å². The van der Waals surface area contributed by atoms with Crippen molar-refractivity contribution < 1.29 is 10.0 Å². The minimum absolute atomic E-state index is 0.0620. The van der Waals surface area contributed by atoms with Gasteiger partial charge in [-0.2, -0.15) is 0 Å². The first-order valence-electron chi connectivity index (χ1n) is 10.8. The third-order valence-electron chi connectivity index (χ3n) is 6.79. The van der Waals surface area contributed by atoms with Gasteiger partial charge in [-0.25, -0.2) is 9.97 Å². The van der Waals surface area contributed by atoms with Crippen LogP contribution >= 0.6 is 23.2 Å². The Balaban J connectivity index is 1.10. The Morgan fingerprint density at radius 1 is 1.19 bits per heavy atom. The Labute approximate surface area is 191 Å². The van der Waals surface area contributed by atoms with Crippen LogP contribution in [0.4, 0.5) is 17.3 Å². The zero-order valence-electron chi connectivity index (χ0n) is 17.1. The minimum Gasteiger partial charge on any atom is -0.341 e. The lowest BCUT2D eigenvalue weighted by Gasteiger charge is -2.32. The fraction of sp³-hybridized carbons (Fsp3) is 0.500. The molecule has 2 atom stereocenters. The molecule has 3 heterocycles. The summed E-state index contributed by atoms with van der Waals surface area (Å²) >= 11 is 12.2. The number of carbonyl (C=O) groups excluding carboxylic acids is 1. The Morgan fingerprint density at radius 2 is 1.94 bits per heavy atom. The lowest BCUT2D eigenvalue weighted by Crippen LogP contribution is -2.35. The number of anilines is 3. The Morgan fingerprint density at radius 3 is 2.68 bits per heavy atom. The molecular formula is C22H25Cl2N5O2. The number of fused-ring (bicyclic) bond motifs is 1. The molecule has 7 nitrogen and oxygen atoms in total. The zero-order chi connectivity index (χ0) is 21.5. The van der Waals surface area contributed by atoms with E-state index in [1.807, 2.05) is 6.07 Å². The summed E-state index contributed by atoms with van der Waals surface area (Å²) in [5.74, 6) is 2.83. The first-order valence-corrected chi connectivity index (χ1v) is 11.5. The normalized spacial score (nSPS) is 22.9. The summed E-state index contributed by atoms with van der Waals surface area (Å²) in [7, 11) is 0. The van der Waals surface area contributed by atoms with Gasteiger partial charge in [0, 0.05) is 19.6 Å². The molecule has 2 aliphatic heterocycles. The highest BCUT2D eigenvalue weighted by Crippen LogP contribution is 2.50. The first-order chi connectivity index (χ1) is 15.0. The van der Waals surface area contributed by atoms with Gasteiger partial charge in [0.25, 0.3) is 0 Å². The van der Waals surface area contributed by atoms with Gasteiger partial charge in [-0.3, -0.25) is 15.1 Å². The highest BCUT2D eigenvalue weighted by atomic mass is 35.5. The van der Waals surface area contributed by atoms with Gasteiger partial charge in [-0.05, 0) is 61.1 Å². The molecule has 0 unspecified atom stereocenters. The summed E-state index contributed by atoms with van der Waals surface area (Å²) in [5, 5.41) is 15.6. The zero-order valence-corrected chi connectivity index (χ0v) is 18.6. The van der Waals surface area contributed by atoms with Crippen molar-refractivity contribution in [3.8, 4) is 0 Å². The van der Waals surface area contributed by atoms with Crippen LogP contribution < -0.4 is 15.3 Å². The number of halogens is 2. The Bertz CT molecular complexity index is 979. The monoisotopic (exact) mass is 461 g/mol. The molecule has 2 fully saturated rings. The van der Waals surface area contributed by atoms with E-state index in [2.05, 4.69) is 20.2 Å². The van der Waals surface area contributed by atoms with E-state index in [1.54, 1.807) is 18.5 Å². The quantitative estimate of drug-likeness (QED) is 0.619. The average Bonchev–Trinajstić information content (AvgIpc) is 3.44. The molecule has 1 aromatic heterocycles. The predicted octanol–water partition coefficient (Wildman–Crippen LogP) is 4.42. The van der Waals surface area contributed by atoms with E-state index < -0.39 is 0 Å². The molecular weight excluding hydrogens is 437 g/mol. The second-order valence-corrected chi connectivity index (χ2v) is 9.63. The number of nitrogens with zero attached hydrogens (tertiary/aromatic N) is 4. The molecule has 164 valence electrons. The van der Waals surface area contributed by atoms with Crippen molar-refractivity contribution >= 4 is 46.4 Å². The number of carbonyl (C=O) groups is 1. The van der Waals surface area contributed by atoms with Crippen molar-refractivity contribution in [3.63, 3.8) is 0 Å². The molecule has 1 amide bonds. The summed E-state index contributed by atoms with van der Waals surface area (Å²) < 4.78 is 0. The second-order valence-electron chi connectivity index (χ2n) is 8.78. The first kappa shape index (κ1) is 20.8. The van der Waals surface area contributed by atoms with Crippen LogP contribution in [0.2, 0.25) is 10.0 Å². The van der Waals surface area contributed by atoms with Gasteiger partial charge in [-0.1, -0.05) is 23.2 Å². The summed E-state index contributed by atoms with van der Waals surface area (Å²) in [6.07, 6.45) is 8.09. The second kappa shape index (κ2) is 8.45. The third kappa shape index (κ3) is 4.45.